The molecule has 0 saturated heterocycles. The Morgan fingerprint density at radius 3 is 2.67 bits per heavy atom. The van der Waals surface area contributed by atoms with Crippen molar-refractivity contribution >= 4 is 0 Å². The Kier molecular flexibility index (Phi) is 6.85. The fourth-order valence-electron chi connectivity index (χ4n) is 2.05. The smallest absolute Gasteiger partial charge is 0.138 e. The zero-order chi connectivity index (χ0) is 13.4. The molecule has 0 aromatic carbocycles. The third kappa shape index (κ3) is 4.36. The highest BCUT2D eigenvalue weighted by Crippen LogP contribution is 2.04. The van der Waals surface area contributed by atoms with Gasteiger partial charge < -0.3 is 4.90 Å². The third-order valence-corrected chi connectivity index (χ3v) is 3.35. The molecule has 1 aromatic rings. The molecule has 0 bridgehead atoms. The summed E-state index contributed by atoms with van der Waals surface area (Å²) in [6, 6.07) is 0.250. The number of nitrogens with two attached hydrogens (primary N) is 1. The molecule has 0 amide bonds. The first-order valence-electron chi connectivity index (χ1n) is 6.80. The van der Waals surface area contributed by atoms with Gasteiger partial charge in [0.05, 0.1) is 0 Å². The lowest BCUT2D eigenvalue weighted by Gasteiger charge is -2.22. The molecule has 18 heavy (non-hydrogen) atoms. The fourth-order valence-corrected chi connectivity index (χ4v) is 2.05. The number of nitrogens with one attached hydrogen (secondary N) is 1. The SMILES string of the molecule is CCN(CC)CCC(Cc1ncnn1CC)NN. The molecule has 1 aromatic heterocycles. The number of hydrogen-bond donors (Lipinski definition) is 2. The van der Waals surface area contributed by atoms with Crippen LogP contribution in [0.4, 0.5) is 0 Å². The van der Waals surface area contributed by atoms with Crippen molar-refractivity contribution in [3.8, 4) is 0 Å². The highest BCUT2D eigenvalue weighted by atomic mass is 15.3. The summed E-state index contributed by atoms with van der Waals surface area (Å²) in [7, 11) is 0. The topological polar surface area (TPSA) is 72.0 Å². The molecular formula is C12H26N6. The van der Waals surface area contributed by atoms with E-state index in [1.54, 1.807) is 6.33 Å². The molecular weight excluding hydrogens is 228 g/mol. The molecule has 0 aliphatic heterocycles. The fraction of sp³-hybridized carbons (Fsp3) is 0.833. The number of hydrogen-bond acceptors (Lipinski definition) is 5. The van der Waals surface area contributed by atoms with Gasteiger partial charge in [0.25, 0.3) is 0 Å². The Balaban J connectivity index is 2.46. The Labute approximate surface area is 110 Å². The maximum absolute atomic E-state index is 5.62. The molecule has 1 unspecified atom stereocenters. The summed E-state index contributed by atoms with van der Waals surface area (Å²) in [5.74, 6) is 6.62. The van der Waals surface area contributed by atoms with E-state index in [9.17, 15) is 0 Å². The van der Waals surface area contributed by atoms with Crippen LogP contribution in [0.25, 0.3) is 0 Å². The second-order valence-electron chi connectivity index (χ2n) is 4.38. The van der Waals surface area contributed by atoms with Crippen LogP contribution in [0.5, 0.6) is 0 Å². The molecule has 6 nitrogen and oxygen atoms in total. The number of aryl methyl sites for hydroxylation is 1. The van der Waals surface area contributed by atoms with Gasteiger partial charge in [-0.1, -0.05) is 13.8 Å². The van der Waals surface area contributed by atoms with Gasteiger partial charge in [0.15, 0.2) is 0 Å². The quantitative estimate of drug-likeness (QED) is 0.493. The standard InChI is InChI=1S/C12H26N6/c1-4-17(5-2)8-7-11(16-13)9-12-14-10-15-18(12)6-3/h10-11,16H,4-9,13H2,1-3H3. The third-order valence-electron chi connectivity index (χ3n) is 3.35. The second-order valence-corrected chi connectivity index (χ2v) is 4.38. The van der Waals surface area contributed by atoms with Crippen LogP contribution in [-0.4, -0.2) is 45.3 Å². The number of nitrogens with zero attached hydrogens (tertiary/aromatic N) is 4. The first kappa shape index (κ1) is 15.1. The summed E-state index contributed by atoms with van der Waals surface area (Å²) >= 11 is 0. The molecule has 6 heteroatoms. The minimum atomic E-state index is 0.250. The predicted molar refractivity (Wildman–Crippen MR) is 72.9 cm³/mol. The molecule has 0 radical (unpaired) electrons. The lowest BCUT2D eigenvalue weighted by atomic mass is 10.1. The summed E-state index contributed by atoms with van der Waals surface area (Å²) < 4.78 is 1.92. The van der Waals surface area contributed by atoms with Crippen LogP contribution in [0.2, 0.25) is 0 Å². The van der Waals surface area contributed by atoms with Gasteiger partial charge in [-0.15, -0.1) is 0 Å². The molecule has 0 aliphatic carbocycles. The average Bonchev–Trinajstić information content (AvgIpc) is 2.85. The average molecular weight is 254 g/mol. The Hall–Kier alpha value is -0.980. The highest BCUT2D eigenvalue weighted by Gasteiger charge is 2.13. The molecule has 1 heterocycles. The Morgan fingerprint density at radius 2 is 2.11 bits per heavy atom. The van der Waals surface area contributed by atoms with Gasteiger partial charge >= 0.3 is 0 Å². The minimum Gasteiger partial charge on any atom is -0.304 e. The number of hydrazine groups is 1. The van der Waals surface area contributed by atoms with E-state index < -0.39 is 0 Å². The molecule has 0 spiro atoms. The van der Waals surface area contributed by atoms with Crippen molar-refractivity contribution in [1.82, 2.24) is 25.1 Å². The van der Waals surface area contributed by atoms with E-state index in [4.69, 9.17) is 5.84 Å². The molecule has 0 fully saturated rings. The van der Waals surface area contributed by atoms with Crippen LogP contribution >= 0.6 is 0 Å². The van der Waals surface area contributed by atoms with Crippen molar-refractivity contribution in [1.29, 1.82) is 0 Å². The largest absolute Gasteiger partial charge is 0.304 e. The molecule has 0 aliphatic rings. The van der Waals surface area contributed by atoms with Crippen molar-refractivity contribution in [2.45, 2.75) is 46.2 Å². The van der Waals surface area contributed by atoms with Gasteiger partial charge in [-0.25, -0.2) is 4.98 Å². The van der Waals surface area contributed by atoms with E-state index in [2.05, 4.69) is 41.2 Å². The van der Waals surface area contributed by atoms with Crippen LogP contribution in [-0.2, 0) is 13.0 Å². The van der Waals surface area contributed by atoms with E-state index in [1.165, 1.54) is 0 Å². The van der Waals surface area contributed by atoms with Gasteiger partial charge in [0.2, 0.25) is 0 Å². The first-order valence-corrected chi connectivity index (χ1v) is 6.80. The zero-order valence-electron chi connectivity index (χ0n) is 11.8. The predicted octanol–water partition coefficient (Wildman–Crippen LogP) is 0.404. The maximum Gasteiger partial charge on any atom is 0.138 e. The first-order chi connectivity index (χ1) is 8.74. The molecule has 1 atom stereocenters. The number of rotatable bonds is 9. The van der Waals surface area contributed by atoms with Gasteiger partial charge in [-0.05, 0) is 33.0 Å². The summed E-state index contributed by atoms with van der Waals surface area (Å²) in [4.78, 5) is 6.68. The lowest BCUT2D eigenvalue weighted by Crippen LogP contribution is -2.40. The minimum absolute atomic E-state index is 0.250. The Morgan fingerprint density at radius 1 is 1.39 bits per heavy atom. The lowest BCUT2D eigenvalue weighted by molar-refractivity contribution is 0.279. The van der Waals surface area contributed by atoms with E-state index in [0.29, 0.717) is 0 Å². The van der Waals surface area contributed by atoms with E-state index in [-0.39, 0.29) is 6.04 Å². The van der Waals surface area contributed by atoms with Crippen LogP contribution in [0.3, 0.4) is 0 Å². The van der Waals surface area contributed by atoms with Crippen molar-refractivity contribution < 1.29 is 0 Å². The summed E-state index contributed by atoms with van der Waals surface area (Å²) in [6.45, 7) is 10.5. The number of aromatic nitrogens is 3. The normalized spacial score (nSPS) is 13.2. The van der Waals surface area contributed by atoms with Gasteiger partial charge in [-0.3, -0.25) is 16.0 Å². The van der Waals surface area contributed by atoms with Crippen molar-refractivity contribution in [3.63, 3.8) is 0 Å². The van der Waals surface area contributed by atoms with Crippen LogP contribution < -0.4 is 11.3 Å². The summed E-state index contributed by atoms with van der Waals surface area (Å²) in [6.07, 6.45) is 3.46. The van der Waals surface area contributed by atoms with Crippen LogP contribution in [0, 0.1) is 0 Å². The van der Waals surface area contributed by atoms with Crippen molar-refractivity contribution in [3.05, 3.63) is 12.2 Å². The van der Waals surface area contributed by atoms with Gasteiger partial charge in [0, 0.05) is 19.0 Å². The molecule has 3 N–H and O–H groups in total. The summed E-state index contributed by atoms with van der Waals surface area (Å²) in [5.41, 5.74) is 2.89. The van der Waals surface area contributed by atoms with Crippen LogP contribution in [0.1, 0.15) is 33.0 Å². The zero-order valence-corrected chi connectivity index (χ0v) is 11.8. The maximum atomic E-state index is 5.62. The van der Waals surface area contributed by atoms with Crippen LogP contribution in [0.15, 0.2) is 6.33 Å². The molecule has 1 rings (SSSR count). The highest BCUT2D eigenvalue weighted by molar-refractivity contribution is 4.89. The van der Waals surface area contributed by atoms with Crippen molar-refractivity contribution in [2.75, 3.05) is 19.6 Å². The van der Waals surface area contributed by atoms with E-state index >= 15 is 0 Å². The van der Waals surface area contributed by atoms with Crippen molar-refractivity contribution in [2.24, 2.45) is 5.84 Å². The summed E-state index contributed by atoms with van der Waals surface area (Å²) in [5, 5.41) is 4.18. The van der Waals surface area contributed by atoms with E-state index in [1.807, 2.05) is 4.68 Å². The Bertz CT molecular complexity index is 320. The van der Waals surface area contributed by atoms with Gasteiger partial charge in [0.1, 0.15) is 12.2 Å². The molecule has 0 saturated carbocycles. The van der Waals surface area contributed by atoms with E-state index in [0.717, 1.165) is 44.8 Å². The van der Waals surface area contributed by atoms with Gasteiger partial charge in [-0.2, -0.15) is 5.10 Å². The molecule has 104 valence electrons. The second kappa shape index (κ2) is 8.18. The monoisotopic (exact) mass is 254 g/mol.